The molecule has 3 aromatic rings. The van der Waals surface area contributed by atoms with Gasteiger partial charge in [-0.3, -0.25) is 29.0 Å². The second-order valence-electron chi connectivity index (χ2n) is 11.5. The van der Waals surface area contributed by atoms with E-state index in [0.717, 1.165) is 24.8 Å². The first-order valence-corrected chi connectivity index (χ1v) is 18.7. The molecule has 3 rings (SSSR count). The summed E-state index contributed by atoms with van der Waals surface area (Å²) in [5, 5.41) is 18.5. The lowest BCUT2D eigenvalue weighted by atomic mass is 9.90. The van der Waals surface area contributed by atoms with Crippen LogP contribution in [0.3, 0.4) is 0 Å². The predicted octanol–water partition coefficient (Wildman–Crippen LogP) is 5.78. The normalized spacial score (nSPS) is 13.4. The average molecular weight is 699 g/mol. The molecule has 49 heavy (non-hydrogen) atoms. The van der Waals surface area contributed by atoms with E-state index in [1.807, 2.05) is 37.3 Å². The molecule has 0 aliphatic carbocycles. The van der Waals surface area contributed by atoms with Crippen LogP contribution in [0.1, 0.15) is 79.4 Å². The Kier molecular flexibility index (Phi) is 15.5. The van der Waals surface area contributed by atoms with E-state index >= 15 is 0 Å². The van der Waals surface area contributed by atoms with Gasteiger partial charge in [0, 0.05) is 12.2 Å². The highest BCUT2D eigenvalue weighted by atomic mass is 31.2. The van der Waals surface area contributed by atoms with Gasteiger partial charge in [-0.25, -0.2) is 5.06 Å². The van der Waals surface area contributed by atoms with E-state index in [1.54, 1.807) is 38.1 Å². The van der Waals surface area contributed by atoms with Gasteiger partial charge in [-0.1, -0.05) is 69.5 Å². The van der Waals surface area contributed by atoms with Crippen molar-refractivity contribution in [3.05, 3.63) is 77.6 Å². The number of hydroxylamine groups is 2. The zero-order valence-electron chi connectivity index (χ0n) is 28.5. The summed E-state index contributed by atoms with van der Waals surface area (Å²) in [5.41, 5.74) is 1.64. The molecule has 4 amide bonds. The van der Waals surface area contributed by atoms with Gasteiger partial charge in [0.25, 0.3) is 11.8 Å². The number of amides is 4. The molecule has 4 N–H and O–H groups in total. The molecule has 0 aliphatic rings. The third-order valence-corrected chi connectivity index (χ3v) is 9.22. The number of rotatable bonds is 21. The minimum Gasteiger partial charge on any atom is -0.493 e. The number of nitrogens with zero attached hydrogens (tertiary/aromatic N) is 1. The molecular weight excluding hydrogens is 651 g/mol. The van der Waals surface area contributed by atoms with Gasteiger partial charge in [-0.2, -0.15) is 0 Å². The highest BCUT2D eigenvalue weighted by Crippen LogP contribution is 2.42. The number of furan rings is 1. The number of ether oxygens (including phenoxy) is 1. The highest BCUT2D eigenvalue weighted by Gasteiger charge is 2.30. The molecule has 0 bridgehead atoms. The number of carbonyl (C=O) groups is 4. The van der Waals surface area contributed by atoms with Gasteiger partial charge in [-0.15, -0.1) is 0 Å². The maximum Gasteiger partial charge on any atom is 0.288 e. The fourth-order valence-corrected chi connectivity index (χ4v) is 6.12. The van der Waals surface area contributed by atoms with Crippen LogP contribution in [-0.2, 0) is 25.3 Å². The van der Waals surface area contributed by atoms with E-state index in [0.29, 0.717) is 35.6 Å². The quantitative estimate of drug-likeness (QED) is 0.0268. The number of nitrogens with one attached hydrogen (secondary N) is 3. The predicted molar refractivity (Wildman–Crippen MR) is 184 cm³/mol. The summed E-state index contributed by atoms with van der Waals surface area (Å²) in [6.45, 7) is 7.30. The molecule has 0 saturated carbocycles. The molecule has 0 saturated heterocycles. The van der Waals surface area contributed by atoms with Crippen LogP contribution in [0.15, 0.2) is 65.1 Å². The molecule has 1 aromatic heterocycles. The lowest BCUT2D eigenvalue weighted by molar-refractivity contribution is -0.168. The zero-order chi connectivity index (χ0) is 35.8. The number of carbonyl (C=O) groups excluding carboxylic acids is 4. The second-order valence-corrected chi connectivity index (χ2v) is 14.1. The molecular formula is C35H47N4O9P. The van der Waals surface area contributed by atoms with Crippen molar-refractivity contribution >= 4 is 31.5 Å². The van der Waals surface area contributed by atoms with Crippen molar-refractivity contribution in [2.45, 2.75) is 65.5 Å². The SMILES string of the molecule is CCCCC[C@@H](C(=O)NCNC(=O)c1ccc(-c2ccc(C(=O)NCP(C)(=O)OCc3ccccc3)c(OCC)c2)o1)[C@@H](CC)N(O)C=O. The van der Waals surface area contributed by atoms with Gasteiger partial charge in [-0.05, 0) is 49.6 Å². The number of unbranched alkanes of at least 4 members (excludes halogenated alkanes) is 2. The van der Waals surface area contributed by atoms with Crippen LogP contribution in [-0.4, -0.2) is 66.7 Å². The van der Waals surface area contributed by atoms with Crippen LogP contribution in [0.5, 0.6) is 5.75 Å². The summed E-state index contributed by atoms with van der Waals surface area (Å²) in [4.78, 5) is 50.1. The van der Waals surface area contributed by atoms with Crippen molar-refractivity contribution in [1.29, 1.82) is 0 Å². The standard InChI is InChI=1S/C35H47N4O9P/c1-5-8-10-15-27(29(6-2)39(44)24-40)33(41)36-22-37-35(43)31-19-18-30(48-31)26-16-17-28(32(20-26)46-7-3)34(42)38-23-49(4,45)47-21-25-13-11-9-12-14-25/h9,11-14,16-20,24,27,29,44H,5-8,10,15,21-23H2,1-4H3,(H,36,41)(H,37,43)(H,38,42)/t27-,29-,49?/m1/s1. The smallest absolute Gasteiger partial charge is 0.288 e. The van der Waals surface area contributed by atoms with Crippen LogP contribution in [0.25, 0.3) is 11.3 Å². The van der Waals surface area contributed by atoms with Gasteiger partial charge in [0.05, 0.1) is 43.7 Å². The summed E-state index contributed by atoms with van der Waals surface area (Å²) in [6.07, 6.45) is 3.58. The minimum atomic E-state index is -3.14. The van der Waals surface area contributed by atoms with E-state index in [9.17, 15) is 29.0 Å². The van der Waals surface area contributed by atoms with E-state index < -0.39 is 37.1 Å². The van der Waals surface area contributed by atoms with Crippen molar-refractivity contribution in [2.75, 3.05) is 26.2 Å². The van der Waals surface area contributed by atoms with Crippen molar-refractivity contribution in [1.82, 2.24) is 21.0 Å². The topological polar surface area (TPSA) is 177 Å². The Morgan fingerprint density at radius 1 is 0.980 bits per heavy atom. The fourth-order valence-electron chi connectivity index (χ4n) is 5.17. The second kappa shape index (κ2) is 19.5. The molecule has 1 heterocycles. The molecule has 0 aliphatic heterocycles. The Balaban J connectivity index is 1.61. The molecule has 0 fully saturated rings. The Bertz CT molecular complexity index is 1580. The molecule has 14 heteroatoms. The lowest BCUT2D eigenvalue weighted by Gasteiger charge is -2.29. The number of benzene rings is 2. The first kappa shape index (κ1) is 39.0. The molecule has 266 valence electrons. The summed E-state index contributed by atoms with van der Waals surface area (Å²) in [6, 6.07) is 16.5. The Labute approximate surface area is 287 Å². The maximum absolute atomic E-state index is 13.1. The Morgan fingerprint density at radius 3 is 2.41 bits per heavy atom. The van der Waals surface area contributed by atoms with E-state index in [2.05, 4.69) is 16.0 Å². The maximum atomic E-state index is 13.1. The van der Waals surface area contributed by atoms with E-state index in [1.165, 1.54) is 12.7 Å². The van der Waals surface area contributed by atoms with Crippen molar-refractivity contribution in [3.63, 3.8) is 0 Å². The summed E-state index contributed by atoms with van der Waals surface area (Å²) >= 11 is 0. The van der Waals surface area contributed by atoms with Gasteiger partial charge < -0.3 is 29.6 Å². The molecule has 2 aromatic carbocycles. The van der Waals surface area contributed by atoms with Crippen molar-refractivity contribution in [2.24, 2.45) is 5.92 Å². The van der Waals surface area contributed by atoms with Crippen LogP contribution in [0, 0.1) is 5.92 Å². The monoisotopic (exact) mass is 698 g/mol. The summed E-state index contributed by atoms with van der Waals surface area (Å²) in [5.74, 6) is -1.50. The molecule has 0 radical (unpaired) electrons. The fraction of sp³-hybridized carbons (Fsp3) is 0.429. The molecule has 0 spiro atoms. The van der Waals surface area contributed by atoms with Crippen LogP contribution >= 0.6 is 7.37 Å². The van der Waals surface area contributed by atoms with Crippen LogP contribution < -0.4 is 20.7 Å². The van der Waals surface area contributed by atoms with Gasteiger partial charge in [0.2, 0.25) is 19.7 Å². The first-order valence-electron chi connectivity index (χ1n) is 16.4. The van der Waals surface area contributed by atoms with Gasteiger partial charge in [0.15, 0.2) is 5.76 Å². The van der Waals surface area contributed by atoms with Crippen LogP contribution in [0.2, 0.25) is 0 Å². The molecule has 13 nitrogen and oxygen atoms in total. The molecule has 3 atom stereocenters. The minimum absolute atomic E-state index is 0.00773. The molecule has 1 unspecified atom stereocenters. The zero-order valence-corrected chi connectivity index (χ0v) is 29.4. The highest BCUT2D eigenvalue weighted by molar-refractivity contribution is 7.58. The van der Waals surface area contributed by atoms with Gasteiger partial charge in [0.1, 0.15) is 11.5 Å². The van der Waals surface area contributed by atoms with E-state index in [-0.39, 0.29) is 43.2 Å². The summed E-state index contributed by atoms with van der Waals surface area (Å²) < 4.78 is 30.0. The third kappa shape index (κ3) is 11.9. The van der Waals surface area contributed by atoms with Crippen LogP contribution in [0.4, 0.5) is 0 Å². The van der Waals surface area contributed by atoms with Crippen molar-refractivity contribution in [3.8, 4) is 17.1 Å². The first-order chi connectivity index (χ1) is 23.5. The van der Waals surface area contributed by atoms with Crippen molar-refractivity contribution < 1.29 is 42.6 Å². The van der Waals surface area contributed by atoms with Gasteiger partial charge >= 0.3 is 0 Å². The number of hydrogen-bond acceptors (Lipinski definition) is 9. The summed E-state index contributed by atoms with van der Waals surface area (Å²) in [7, 11) is -3.14. The number of hydrogen-bond donors (Lipinski definition) is 4. The Hall–Kier alpha value is -4.45. The average Bonchev–Trinajstić information content (AvgIpc) is 3.61. The Morgan fingerprint density at radius 2 is 1.73 bits per heavy atom. The van der Waals surface area contributed by atoms with E-state index in [4.69, 9.17) is 13.7 Å². The lowest BCUT2D eigenvalue weighted by Crippen LogP contribution is -2.47. The largest absolute Gasteiger partial charge is 0.493 e. The third-order valence-electron chi connectivity index (χ3n) is 7.81.